The Hall–Kier alpha value is -1.40. The molecule has 0 bridgehead atoms. The Morgan fingerprint density at radius 1 is 1.22 bits per heavy atom. The van der Waals surface area contributed by atoms with E-state index in [1.165, 1.54) is 0 Å². The molecular weight excluding hydrogens is 294 g/mol. The van der Waals surface area contributed by atoms with Crippen LogP contribution in [0.2, 0.25) is 0 Å². The number of rotatable bonds is 2. The smallest absolute Gasteiger partial charge is 0.245 e. The summed E-state index contributed by atoms with van der Waals surface area (Å²) in [4.78, 5) is 6.74. The molecule has 18 heavy (non-hydrogen) atoms. The molecule has 5 nitrogen and oxygen atoms in total. The lowest BCUT2D eigenvalue weighted by atomic mass is 10.2. The van der Waals surface area contributed by atoms with E-state index in [4.69, 9.17) is 0 Å². The van der Waals surface area contributed by atoms with E-state index in [0.29, 0.717) is 0 Å². The van der Waals surface area contributed by atoms with Crippen molar-refractivity contribution in [2.75, 3.05) is 31.1 Å². The van der Waals surface area contributed by atoms with Gasteiger partial charge in [-0.05, 0) is 12.1 Å². The van der Waals surface area contributed by atoms with Crippen molar-refractivity contribution in [2.45, 2.75) is 0 Å². The van der Waals surface area contributed by atoms with Crippen LogP contribution in [-0.2, 0) is 0 Å². The number of hydrogen-bond donors (Lipinski definition) is 2. The van der Waals surface area contributed by atoms with E-state index in [0.717, 1.165) is 48.0 Å². The Bertz CT molecular complexity index is 533. The molecule has 1 saturated heterocycles. The van der Waals surface area contributed by atoms with Crippen molar-refractivity contribution < 1.29 is 0 Å². The van der Waals surface area contributed by atoms with Gasteiger partial charge in [0.25, 0.3) is 0 Å². The number of piperazine rings is 1. The SMILES string of the molecule is Brc1cccc(-c2nc(N3CCNCC3)n[nH]2)c1. The Balaban J connectivity index is 1.84. The highest BCUT2D eigenvalue weighted by Gasteiger charge is 2.15. The average Bonchev–Trinajstić information content (AvgIpc) is 2.89. The minimum absolute atomic E-state index is 0.784. The predicted molar refractivity (Wildman–Crippen MR) is 74.6 cm³/mol. The predicted octanol–water partition coefficient (Wildman–Crippen LogP) is 1.64. The summed E-state index contributed by atoms with van der Waals surface area (Å²) in [5, 5.41) is 10.6. The van der Waals surface area contributed by atoms with Gasteiger partial charge in [-0.2, -0.15) is 4.98 Å². The molecule has 3 rings (SSSR count). The normalized spacial score (nSPS) is 15.9. The number of anilines is 1. The second-order valence-corrected chi connectivity index (χ2v) is 5.15. The molecule has 0 saturated carbocycles. The van der Waals surface area contributed by atoms with Crippen LogP contribution in [0.15, 0.2) is 28.7 Å². The third kappa shape index (κ3) is 2.39. The first-order chi connectivity index (χ1) is 8.83. The number of hydrogen-bond acceptors (Lipinski definition) is 4. The third-order valence-electron chi connectivity index (χ3n) is 2.97. The van der Waals surface area contributed by atoms with Gasteiger partial charge in [0.05, 0.1) is 0 Å². The van der Waals surface area contributed by atoms with Crippen LogP contribution in [0.5, 0.6) is 0 Å². The largest absolute Gasteiger partial charge is 0.337 e. The summed E-state index contributed by atoms with van der Waals surface area (Å²) < 4.78 is 1.04. The average molecular weight is 308 g/mol. The number of aromatic amines is 1. The van der Waals surface area contributed by atoms with Crippen molar-refractivity contribution in [3.05, 3.63) is 28.7 Å². The third-order valence-corrected chi connectivity index (χ3v) is 3.46. The number of H-pyrrole nitrogens is 1. The molecule has 0 spiro atoms. The Labute approximate surface area is 114 Å². The van der Waals surface area contributed by atoms with Gasteiger partial charge in [-0.1, -0.05) is 28.1 Å². The number of nitrogens with one attached hydrogen (secondary N) is 2. The fourth-order valence-corrected chi connectivity index (χ4v) is 2.42. The molecule has 1 aromatic carbocycles. The first-order valence-electron chi connectivity index (χ1n) is 5.97. The molecule has 2 heterocycles. The van der Waals surface area contributed by atoms with E-state index in [9.17, 15) is 0 Å². The van der Waals surface area contributed by atoms with Gasteiger partial charge >= 0.3 is 0 Å². The van der Waals surface area contributed by atoms with Gasteiger partial charge in [0.1, 0.15) is 0 Å². The minimum atomic E-state index is 0.784. The van der Waals surface area contributed by atoms with E-state index in [2.05, 4.69) is 41.3 Å². The van der Waals surface area contributed by atoms with Gasteiger partial charge in [-0.15, -0.1) is 5.10 Å². The fraction of sp³-hybridized carbons (Fsp3) is 0.333. The molecule has 6 heteroatoms. The summed E-state index contributed by atoms with van der Waals surface area (Å²) in [6.07, 6.45) is 0. The van der Waals surface area contributed by atoms with Crippen LogP contribution in [0.4, 0.5) is 5.95 Å². The van der Waals surface area contributed by atoms with Crippen LogP contribution in [-0.4, -0.2) is 41.4 Å². The molecule has 2 aromatic rings. The lowest BCUT2D eigenvalue weighted by molar-refractivity contribution is 0.580. The van der Waals surface area contributed by atoms with E-state index in [1.807, 2.05) is 24.3 Å². The molecule has 0 unspecified atom stereocenters. The zero-order chi connectivity index (χ0) is 12.4. The Morgan fingerprint density at radius 3 is 2.83 bits per heavy atom. The monoisotopic (exact) mass is 307 g/mol. The maximum absolute atomic E-state index is 4.56. The van der Waals surface area contributed by atoms with Gasteiger partial charge in [-0.3, -0.25) is 5.10 Å². The zero-order valence-electron chi connectivity index (χ0n) is 9.86. The summed E-state index contributed by atoms with van der Waals surface area (Å²) >= 11 is 3.46. The van der Waals surface area contributed by atoms with Crippen molar-refractivity contribution in [1.82, 2.24) is 20.5 Å². The van der Waals surface area contributed by atoms with Crippen LogP contribution in [0.1, 0.15) is 0 Å². The standard InChI is InChI=1S/C12H14BrN5/c13-10-3-1-2-9(8-10)11-15-12(17-16-11)18-6-4-14-5-7-18/h1-3,8,14H,4-7H2,(H,15,16,17). The highest BCUT2D eigenvalue weighted by molar-refractivity contribution is 9.10. The second kappa shape index (κ2) is 5.07. The molecule has 1 aliphatic heterocycles. The second-order valence-electron chi connectivity index (χ2n) is 4.23. The summed E-state index contributed by atoms with van der Waals surface area (Å²) in [5.74, 6) is 1.59. The first kappa shape index (κ1) is 11.7. The number of halogens is 1. The summed E-state index contributed by atoms with van der Waals surface area (Å²) in [7, 11) is 0. The molecule has 2 N–H and O–H groups in total. The van der Waals surface area contributed by atoms with Crippen molar-refractivity contribution in [3.8, 4) is 11.4 Å². The summed E-state index contributed by atoms with van der Waals surface area (Å²) in [5.41, 5.74) is 1.04. The lowest BCUT2D eigenvalue weighted by Gasteiger charge is -2.25. The van der Waals surface area contributed by atoms with E-state index < -0.39 is 0 Å². The quantitative estimate of drug-likeness (QED) is 0.886. The molecule has 0 radical (unpaired) electrons. The number of benzene rings is 1. The number of aromatic nitrogens is 3. The molecule has 0 amide bonds. The van der Waals surface area contributed by atoms with Crippen molar-refractivity contribution in [1.29, 1.82) is 0 Å². The maximum Gasteiger partial charge on any atom is 0.245 e. The first-order valence-corrected chi connectivity index (χ1v) is 6.76. The molecular formula is C12H14BrN5. The van der Waals surface area contributed by atoms with Gasteiger partial charge in [-0.25, -0.2) is 0 Å². The minimum Gasteiger partial charge on any atom is -0.337 e. The van der Waals surface area contributed by atoms with E-state index in [1.54, 1.807) is 0 Å². The number of nitrogens with zero attached hydrogens (tertiary/aromatic N) is 3. The topological polar surface area (TPSA) is 56.8 Å². The molecule has 94 valence electrons. The van der Waals surface area contributed by atoms with Crippen LogP contribution >= 0.6 is 15.9 Å². The van der Waals surface area contributed by atoms with Gasteiger partial charge in [0, 0.05) is 36.2 Å². The highest BCUT2D eigenvalue weighted by Crippen LogP contribution is 2.21. The molecule has 0 atom stereocenters. The van der Waals surface area contributed by atoms with Crippen molar-refractivity contribution in [2.24, 2.45) is 0 Å². The Kier molecular flexibility index (Phi) is 3.29. The van der Waals surface area contributed by atoms with Gasteiger partial charge in [0.2, 0.25) is 5.95 Å². The van der Waals surface area contributed by atoms with Crippen molar-refractivity contribution in [3.63, 3.8) is 0 Å². The van der Waals surface area contributed by atoms with Crippen molar-refractivity contribution >= 4 is 21.9 Å². The summed E-state index contributed by atoms with van der Waals surface area (Å²) in [6, 6.07) is 8.04. The van der Waals surface area contributed by atoms with Gasteiger partial charge in [0.15, 0.2) is 5.82 Å². The molecule has 0 aliphatic carbocycles. The van der Waals surface area contributed by atoms with Crippen LogP contribution < -0.4 is 10.2 Å². The van der Waals surface area contributed by atoms with Gasteiger partial charge < -0.3 is 10.2 Å². The molecule has 1 aliphatic rings. The van der Waals surface area contributed by atoms with E-state index >= 15 is 0 Å². The Morgan fingerprint density at radius 2 is 2.06 bits per heavy atom. The fourth-order valence-electron chi connectivity index (χ4n) is 2.02. The van der Waals surface area contributed by atoms with Crippen LogP contribution in [0.25, 0.3) is 11.4 Å². The van der Waals surface area contributed by atoms with Crippen LogP contribution in [0.3, 0.4) is 0 Å². The van der Waals surface area contributed by atoms with E-state index in [-0.39, 0.29) is 0 Å². The van der Waals surface area contributed by atoms with Crippen LogP contribution in [0, 0.1) is 0 Å². The molecule has 1 aromatic heterocycles. The summed E-state index contributed by atoms with van der Waals surface area (Å²) in [6.45, 7) is 3.88. The lowest BCUT2D eigenvalue weighted by Crippen LogP contribution is -2.44. The maximum atomic E-state index is 4.56. The highest BCUT2D eigenvalue weighted by atomic mass is 79.9. The zero-order valence-corrected chi connectivity index (χ0v) is 11.4. The molecule has 1 fully saturated rings.